The third-order valence-corrected chi connectivity index (χ3v) is 6.65. The van der Waals surface area contributed by atoms with Crippen molar-refractivity contribution in [3.8, 4) is 0 Å². The summed E-state index contributed by atoms with van der Waals surface area (Å²) in [5, 5.41) is -1.08. The van der Waals surface area contributed by atoms with Gasteiger partial charge in [-0.05, 0) is 37.5 Å². The molecule has 0 aromatic heterocycles. The van der Waals surface area contributed by atoms with Gasteiger partial charge in [0.25, 0.3) is 0 Å². The van der Waals surface area contributed by atoms with Crippen LogP contribution in [-0.4, -0.2) is 37.6 Å². The molecule has 1 aliphatic rings. The van der Waals surface area contributed by atoms with Gasteiger partial charge in [0.2, 0.25) is 5.91 Å². The average molecular weight is 341 g/mol. The van der Waals surface area contributed by atoms with Crippen molar-refractivity contribution < 1.29 is 17.6 Å². The van der Waals surface area contributed by atoms with Crippen LogP contribution in [0.15, 0.2) is 24.3 Å². The van der Waals surface area contributed by atoms with Crippen LogP contribution in [-0.2, 0) is 20.4 Å². The predicted octanol–water partition coefficient (Wildman–Crippen LogP) is 2.92. The van der Waals surface area contributed by atoms with Crippen LogP contribution in [0.2, 0.25) is 0 Å². The minimum absolute atomic E-state index is 0.139. The fourth-order valence-corrected chi connectivity index (χ4v) is 4.41. The first-order chi connectivity index (χ1) is 10.8. The Morgan fingerprint density at radius 1 is 1.22 bits per heavy atom. The summed E-state index contributed by atoms with van der Waals surface area (Å²) in [7, 11) is -1.93. The summed E-state index contributed by atoms with van der Waals surface area (Å²) in [5.74, 6) is -1.01. The van der Waals surface area contributed by atoms with E-state index in [2.05, 4.69) is 0 Å². The summed E-state index contributed by atoms with van der Waals surface area (Å²) < 4.78 is 37.9. The summed E-state index contributed by atoms with van der Waals surface area (Å²) in [6.45, 7) is 1.44. The topological polar surface area (TPSA) is 54.5 Å². The van der Waals surface area contributed by atoms with Gasteiger partial charge in [-0.2, -0.15) is 0 Å². The van der Waals surface area contributed by atoms with E-state index in [0.29, 0.717) is 5.56 Å². The molecule has 23 heavy (non-hydrogen) atoms. The molecule has 1 fully saturated rings. The van der Waals surface area contributed by atoms with E-state index < -0.39 is 20.9 Å². The second-order valence-electron chi connectivity index (χ2n) is 6.32. The Hall–Kier alpha value is -1.43. The Bertz CT molecular complexity index is 636. The lowest BCUT2D eigenvalue weighted by molar-refractivity contribution is -0.131. The van der Waals surface area contributed by atoms with Crippen LogP contribution in [0.5, 0.6) is 0 Å². The van der Waals surface area contributed by atoms with Crippen LogP contribution >= 0.6 is 0 Å². The van der Waals surface area contributed by atoms with E-state index in [4.69, 9.17) is 0 Å². The zero-order chi connectivity index (χ0) is 17.0. The molecule has 1 aromatic rings. The lowest BCUT2D eigenvalue weighted by Gasteiger charge is -2.32. The van der Waals surface area contributed by atoms with Crippen molar-refractivity contribution in [1.82, 2.24) is 4.90 Å². The maximum absolute atomic E-state index is 12.9. The van der Waals surface area contributed by atoms with E-state index in [0.717, 1.165) is 25.7 Å². The molecule has 2 rings (SSSR count). The molecule has 0 aliphatic heterocycles. The van der Waals surface area contributed by atoms with Crippen LogP contribution in [0.3, 0.4) is 0 Å². The first kappa shape index (κ1) is 17.9. The summed E-state index contributed by atoms with van der Waals surface area (Å²) >= 11 is 0. The predicted molar refractivity (Wildman–Crippen MR) is 88.1 cm³/mol. The zero-order valence-electron chi connectivity index (χ0n) is 13.7. The Kier molecular flexibility index (Phi) is 5.79. The number of benzene rings is 1. The van der Waals surface area contributed by atoms with Crippen molar-refractivity contribution in [2.24, 2.45) is 0 Å². The first-order valence-corrected chi connectivity index (χ1v) is 9.75. The fraction of sp³-hybridized carbons (Fsp3) is 0.588. The van der Waals surface area contributed by atoms with Gasteiger partial charge in [0.05, 0.1) is 5.75 Å². The van der Waals surface area contributed by atoms with Gasteiger partial charge in [0, 0.05) is 13.1 Å². The number of halogens is 1. The molecule has 1 saturated carbocycles. The Labute approximate surface area is 137 Å². The van der Waals surface area contributed by atoms with E-state index in [-0.39, 0.29) is 17.7 Å². The smallest absolute Gasteiger partial charge is 0.240 e. The van der Waals surface area contributed by atoms with Crippen molar-refractivity contribution in [2.45, 2.75) is 56.1 Å². The number of carbonyl (C=O) groups is 1. The van der Waals surface area contributed by atoms with Crippen LogP contribution < -0.4 is 0 Å². The molecule has 1 aliphatic carbocycles. The van der Waals surface area contributed by atoms with E-state index in [9.17, 15) is 17.6 Å². The highest BCUT2D eigenvalue weighted by Crippen LogP contribution is 2.23. The quantitative estimate of drug-likeness (QED) is 0.827. The number of carbonyl (C=O) groups excluding carboxylic acids is 1. The minimum Gasteiger partial charge on any atom is -0.342 e. The van der Waals surface area contributed by atoms with Gasteiger partial charge < -0.3 is 4.90 Å². The first-order valence-electron chi connectivity index (χ1n) is 8.04. The van der Waals surface area contributed by atoms with E-state index >= 15 is 0 Å². The highest BCUT2D eigenvalue weighted by Gasteiger charge is 2.33. The molecule has 0 N–H and O–H groups in total. The van der Waals surface area contributed by atoms with Gasteiger partial charge in [0.15, 0.2) is 9.84 Å². The molecule has 0 unspecified atom stereocenters. The number of sulfone groups is 1. The monoisotopic (exact) mass is 341 g/mol. The lowest BCUT2D eigenvalue weighted by atomic mass is 9.94. The van der Waals surface area contributed by atoms with Gasteiger partial charge in [-0.15, -0.1) is 0 Å². The number of hydrogen-bond acceptors (Lipinski definition) is 3. The third-order valence-electron chi connectivity index (χ3n) is 4.64. The Balaban J connectivity index is 2.05. The SMILES string of the molecule is C[C@@H](C(=O)N(C)C1CCCCC1)S(=O)(=O)Cc1ccc(F)cc1. The van der Waals surface area contributed by atoms with Gasteiger partial charge in [-0.1, -0.05) is 31.4 Å². The molecule has 0 heterocycles. The maximum Gasteiger partial charge on any atom is 0.240 e. The number of rotatable bonds is 5. The molecule has 0 saturated heterocycles. The van der Waals surface area contributed by atoms with Crippen LogP contribution in [0.1, 0.15) is 44.6 Å². The second kappa shape index (κ2) is 7.43. The molecule has 1 amide bonds. The minimum atomic E-state index is -3.62. The molecular weight excluding hydrogens is 317 g/mol. The van der Waals surface area contributed by atoms with E-state index in [1.165, 1.54) is 37.6 Å². The highest BCUT2D eigenvalue weighted by molar-refractivity contribution is 7.92. The van der Waals surface area contributed by atoms with Crippen LogP contribution in [0.4, 0.5) is 4.39 Å². The van der Waals surface area contributed by atoms with Crippen molar-refractivity contribution in [3.63, 3.8) is 0 Å². The Morgan fingerprint density at radius 3 is 2.35 bits per heavy atom. The normalized spacial score (nSPS) is 17.7. The number of hydrogen-bond donors (Lipinski definition) is 0. The molecule has 6 heteroatoms. The Morgan fingerprint density at radius 2 is 1.78 bits per heavy atom. The van der Waals surface area contributed by atoms with Crippen LogP contribution in [0, 0.1) is 5.82 Å². The van der Waals surface area contributed by atoms with E-state index in [1.807, 2.05) is 0 Å². The molecule has 0 radical (unpaired) electrons. The van der Waals surface area contributed by atoms with Gasteiger partial charge in [-0.25, -0.2) is 12.8 Å². The average Bonchev–Trinajstić information content (AvgIpc) is 2.55. The summed E-state index contributed by atoms with van der Waals surface area (Å²) in [6, 6.07) is 5.47. The zero-order valence-corrected chi connectivity index (χ0v) is 14.5. The molecular formula is C17H24FNO3S. The van der Waals surface area contributed by atoms with E-state index in [1.54, 1.807) is 11.9 Å². The summed E-state index contributed by atoms with van der Waals surface area (Å²) in [6.07, 6.45) is 5.22. The van der Waals surface area contributed by atoms with Gasteiger partial charge in [-0.3, -0.25) is 4.79 Å². The third kappa shape index (κ3) is 4.53. The van der Waals surface area contributed by atoms with Crippen LogP contribution in [0.25, 0.3) is 0 Å². The van der Waals surface area contributed by atoms with Gasteiger partial charge >= 0.3 is 0 Å². The van der Waals surface area contributed by atoms with Crippen molar-refractivity contribution in [1.29, 1.82) is 0 Å². The van der Waals surface area contributed by atoms with Crippen molar-refractivity contribution in [3.05, 3.63) is 35.6 Å². The molecule has 0 bridgehead atoms. The van der Waals surface area contributed by atoms with Crippen molar-refractivity contribution >= 4 is 15.7 Å². The second-order valence-corrected chi connectivity index (χ2v) is 8.64. The molecule has 1 atom stereocenters. The molecule has 0 spiro atoms. The summed E-state index contributed by atoms with van der Waals surface area (Å²) in [4.78, 5) is 14.1. The van der Waals surface area contributed by atoms with Gasteiger partial charge in [0.1, 0.15) is 11.1 Å². The maximum atomic E-state index is 12.9. The number of amides is 1. The standard InChI is InChI=1S/C17H24FNO3S/c1-13(17(20)19(2)16-6-4-3-5-7-16)23(21,22)12-14-8-10-15(18)11-9-14/h8-11,13,16H,3-7,12H2,1-2H3/t13-/m0/s1. The highest BCUT2D eigenvalue weighted by atomic mass is 32.2. The molecule has 4 nitrogen and oxygen atoms in total. The summed E-state index contributed by atoms with van der Waals surface area (Å²) in [5.41, 5.74) is 0.492. The molecule has 1 aromatic carbocycles. The lowest BCUT2D eigenvalue weighted by Crippen LogP contribution is -2.45. The molecule has 128 valence electrons. The number of nitrogens with zero attached hydrogens (tertiary/aromatic N) is 1. The largest absolute Gasteiger partial charge is 0.342 e. The fourth-order valence-electron chi connectivity index (χ4n) is 3.03. The van der Waals surface area contributed by atoms with Crippen molar-refractivity contribution in [2.75, 3.05) is 7.05 Å².